The monoisotopic (exact) mass is 347 g/mol. The standard InChI is InChI=1S/C18H22FN3OS/c1-13-17(24-12-21-13)6-7-18(23)20-10-14-8-9-22(11-14)16-5-3-2-4-15(16)19/h2-5,12,14H,6-11H2,1H3,(H,20,23)/t14-/m0/s1. The molecule has 128 valence electrons. The zero-order chi connectivity index (χ0) is 16.9. The van der Waals surface area contributed by atoms with Crippen molar-refractivity contribution in [2.24, 2.45) is 5.92 Å². The summed E-state index contributed by atoms with van der Waals surface area (Å²) < 4.78 is 13.8. The molecule has 1 aliphatic rings. The molecule has 1 amide bonds. The van der Waals surface area contributed by atoms with Crippen LogP contribution >= 0.6 is 11.3 Å². The molecule has 2 aromatic rings. The first-order chi connectivity index (χ1) is 11.6. The first kappa shape index (κ1) is 16.9. The second-order valence-electron chi connectivity index (χ2n) is 6.22. The number of carbonyl (C=O) groups excluding carboxylic acids is 1. The molecule has 0 saturated carbocycles. The molecular weight excluding hydrogens is 325 g/mol. The summed E-state index contributed by atoms with van der Waals surface area (Å²) in [5.41, 5.74) is 3.49. The summed E-state index contributed by atoms with van der Waals surface area (Å²) in [4.78, 5) is 19.4. The van der Waals surface area contributed by atoms with Crippen LogP contribution in [-0.4, -0.2) is 30.5 Å². The van der Waals surface area contributed by atoms with Crippen LogP contribution in [0.4, 0.5) is 10.1 Å². The van der Waals surface area contributed by atoms with Crippen molar-refractivity contribution in [3.8, 4) is 0 Å². The summed E-state index contributed by atoms with van der Waals surface area (Å²) in [5.74, 6) is 0.271. The van der Waals surface area contributed by atoms with Gasteiger partial charge in [0.2, 0.25) is 5.91 Å². The molecule has 1 N–H and O–H groups in total. The average Bonchev–Trinajstić information content (AvgIpc) is 3.20. The van der Waals surface area contributed by atoms with Gasteiger partial charge in [0.05, 0.1) is 16.9 Å². The number of hydrogen-bond acceptors (Lipinski definition) is 4. The van der Waals surface area contributed by atoms with Crippen molar-refractivity contribution >= 4 is 22.9 Å². The Hall–Kier alpha value is -1.95. The number of amides is 1. The van der Waals surface area contributed by atoms with Crippen molar-refractivity contribution in [2.75, 3.05) is 24.5 Å². The Morgan fingerprint density at radius 2 is 2.29 bits per heavy atom. The third-order valence-electron chi connectivity index (χ3n) is 4.49. The Balaban J connectivity index is 1.42. The minimum absolute atomic E-state index is 0.0761. The number of benzene rings is 1. The Kier molecular flexibility index (Phi) is 5.45. The van der Waals surface area contributed by atoms with Crippen LogP contribution in [-0.2, 0) is 11.2 Å². The molecule has 3 rings (SSSR count). The first-order valence-electron chi connectivity index (χ1n) is 8.28. The number of nitrogens with zero attached hydrogens (tertiary/aromatic N) is 2. The summed E-state index contributed by atoms with van der Waals surface area (Å²) in [6.45, 7) is 4.25. The smallest absolute Gasteiger partial charge is 0.220 e. The molecule has 1 aromatic heterocycles. The van der Waals surface area contributed by atoms with Crippen molar-refractivity contribution < 1.29 is 9.18 Å². The van der Waals surface area contributed by atoms with E-state index in [0.717, 1.165) is 31.6 Å². The zero-order valence-corrected chi connectivity index (χ0v) is 14.6. The van der Waals surface area contributed by atoms with E-state index in [0.29, 0.717) is 24.6 Å². The number of nitrogens with one attached hydrogen (secondary N) is 1. The molecule has 6 heteroatoms. The van der Waals surface area contributed by atoms with Gasteiger partial charge >= 0.3 is 0 Å². The van der Waals surface area contributed by atoms with Gasteiger partial charge in [0.25, 0.3) is 0 Å². The molecule has 24 heavy (non-hydrogen) atoms. The number of anilines is 1. The summed E-state index contributed by atoms with van der Waals surface area (Å²) in [5, 5.41) is 3.02. The number of rotatable bonds is 6. The minimum Gasteiger partial charge on any atom is -0.369 e. The fourth-order valence-corrected chi connectivity index (χ4v) is 3.85. The Labute approximate surface area is 145 Å². The van der Waals surface area contributed by atoms with Gasteiger partial charge in [-0.2, -0.15) is 0 Å². The molecule has 4 nitrogen and oxygen atoms in total. The maximum absolute atomic E-state index is 13.8. The van der Waals surface area contributed by atoms with Crippen LogP contribution in [0, 0.1) is 18.7 Å². The lowest BCUT2D eigenvalue weighted by Crippen LogP contribution is -2.31. The van der Waals surface area contributed by atoms with Gasteiger partial charge in [0, 0.05) is 30.9 Å². The van der Waals surface area contributed by atoms with Gasteiger partial charge in [-0.3, -0.25) is 4.79 Å². The summed E-state index contributed by atoms with van der Waals surface area (Å²) in [7, 11) is 0. The fourth-order valence-electron chi connectivity index (χ4n) is 3.07. The van der Waals surface area contributed by atoms with E-state index in [1.165, 1.54) is 10.9 Å². The maximum atomic E-state index is 13.8. The van der Waals surface area contributed by atoms with Gasteiger partial charge in [-0.05, 0) is 37.8 Å². The van der Waals surface area contributed by atoms with Gasteiger partial charge in [-0.25, -0.2) is 9.37 Å². The SMILES string of the molecule is Cc1ncsc1CCC(=O)NC[C@@H]1CCN(c2ccccc2F)C1. The van der Waals surface area contributed by atoms with Crippen LogP contribution in [0.3, 0.4) is 0 Å². The minimum atomic E-state index is -0.179. The van der Waals surface area contributed by atoms with Crippen LogP contribution in [0.25, 0.3) is 0 Å². The highest BCUT2D eigenvalue weighted by atomic mass is 32.1. The van der Waals surface area contributed by atoms with Crippen molar-refractivity contribution in [2.45, 2.75) is 26.2 Å². The van der Waals surface area contributed by atoms with Crippen LogP contribution in [0.1, 0.15) is 23.4 Å². The number of para-hydroxylation sites is 1. The highest BCUT2D eigenvalue weighted by Crippen LogP contribution is 2.25. The molecule has 1 fully saturated rings. The Bertz CT molecular complexity index is 703. The quantitative estimate of drug-likeness (QED) is 0.873. The molecule has 1 atom stereocenters. The number of aromatic nitrogens is 1. The van der Waals surface area contributed by atoms with E-state index in [2.05, 4.69) is 15.2 Å². The van der Waals surface area contributed by atoms with Crippen molar-refractivity contribution in [1.82, 2.24) is 10.3 Å². The second-order valence-corrected chi connectivity index (χ2v) is 7.16. The van der Waals surface area contributed by atoms with E-state index in [1.54, 1.807) is 17.4 Å². The molecule has 1 aliphatic heterocycles. The topological polar surface area (TPSA) is 45.2 Å². The van der Waals surface area contributed by atoms with Gasteiger partial charge in [0.15, 0.2) is 0 Å². The lowest BCUT2D eigenvalue weighted by Gasteiger charge is -2.19. The second kappa shape index (κ2) is 7.75. The van der Waals surface area contributed by atoms with Gasteiger partial charge in [-0.1, -0.05) is 12.1 Å². The average molecular weight is 347 g/mol. The molecule has 2 heterocycles. The van der Waals surface area contributed by atoms with Crippen LogP contribution in [0.5, 0.6) is 0 Å². The third-order valence-corrected chi connectivity index (χ3v) is 5.49. The van der Waals surface area contributed by atoms with Crippen LogP contribution in [0.15, 0.2) is 29.8 Å². The lowest BCUT2D eigenvalue weighted by molar-refractivity contribution is -0.121. The van der Waals surface area contributed by atoms with Crippen molar-refractivity contribution in [1.29, 1.82) is 0 Å². The maximum Gasteiger partial charge on any atom is 0.220 e. The number of thiazole rings is 1. The third kappa shape index (κ3) is 4.12. The van der Waals surface area contributed by atoms with Crippen molar-refractivity contribution in [3.05, 3.63) is 46.2 Å². The molecule has 0 radical (unpaired) electrons. The predicted molar refractivity (Wildman–Crippen MR) is 94.9 cm³/mol. The normalized spacial score (nSPS) is 17.2. The van der Waals surface area contributed by atoms with E-state index in [1.807, 2.05) is 24.6 Å². The molecule has 0 aliphatic carbocycles. The number of halogens is 1. The highest BCUT2D eigenvalue weighted by Gasteiger charge is 2.24. The summed E-state index contributed by atoms with van der Waals surface area (Å²) >= 11 is 1.60. The Morgan fingerprint density at radius 3 is 3.04 bits per heavy atom. The summed E-state index contributed by atoms with van der Waals surface area (Å²) in [6.07, 6.45) is 2.21. The largest absolute Gasteiger partial charge is 0.369 e. The number of aryl methyl sites for hydroxylation is 2. The fraction of sp³-hybridized carbons (Fsp3) is 0.444. The molecule has 0 bridgehead atoms. The lowest BCUT2D eigenvalue weighted by atomic mass is 10.1. The van der Waals surface area contributed by atoms with E-state index < -0.39 is 0 Å². The number of hydrogen-bond donors (Lipinski definition) is 1. The molecular formula is C18H22FN3OS. The van der Waals surface area contributed by atoms with E-state index in [-0.39, 0.29) is 11.7 Å². The van der Waals surface area contributed by atoms with E-state index >= 15 is 0 Å². The van der Waals surface area contributed by atoms with Gasteiger partial charge < -0.3 is 10.2 Å². The predicted octanol–water partition coefficient (Wildman–Crippen LogP) is 3.17. The van der Waals surface area contributed by atoms with Gasteiger partial charge in [0.1, 0.15) is 5.82 Å². The molecule has 1 saturated heterocycles. The van der Waals surface area contributed by atoms with Gasteiger partial charge in [-0.15, -0.1) is 11.3 Å². The zero-order valence-electron chi connectivity index (χ0n) is 13.8. The first-order valence-corrected chi connectivity index (χ1v) is 9.16. The van der Waals surface area contributed by atoms with Crippen LogP contribution < -0.4 is 10.2 Å². The van der Waals surface area contributed by atoms with Crippen molar-refractivity contribution in [3.63, 3.8) is 0 Å². The Morgan fingerprint density at radius 1 is 1.46 bits per heavy atom. The number of carbonyl (C=O) groups is 1. The van der Waals surface area contributed by atoms with Crippen LogP contribution in [0.2, 0.25) is 0 Å². The molecule has 0 spiro atoms. The molecule has 1 aromatic carbocycles. The summed E-state index contributed by atoms with van der Waals surface area (Å²) in [6, 6.07) is 6.87. The molecule has 0 unspecified atom stereocenters. The highest BCUT2D eigenvalue weighted by molar-refractivity contribution is 7.09. The van der Waals surface area contributed by atoms with E-state index in [4.69, 9.17) is 0 Å². The van der Waals surface area contributed by atoms with E-state index in [9.17, 15) is 9.18 Å².